The van der Waals surface area contributed by atoms with E-state index in [1.54, 1.807) is 5.56 Å². The van der Waals surface area contributed by atoms with Crippen molar-refractivity contribution >= 4 is 8.07 Å². The van der Waals surface area contributed by atoms with Crippen molar-refractivity contribution in [1.29, 1.82) is 0 Å². The predicted molar refractivity (Wildman–Crippen MR) is 221 cm³/mol. The lowest BCUT2D eigenvalue weighted by Crippen LogP contribution is -2.52. The van der Waals surface area contributed by atoms with Crippen LogP contribution in [-0.4, -0.2) is 34.5 Å². The molecule has 0 spiro atoms. The Balaban J connectivity index is 1.40. The second-order valence-electron chi connectivity index (χ2n) is 22.0. The van der Waals surface area contributed by atoms with Crippen LogP contribution >= 0.6 is 0 Å². The SMILES string of the molecule is COC1CCC(c2cc(C(C)(C)C)cc(C(C)(C)C)c2)C2CC(C)C([Si](C)(C)C3C(C)CC4C3CC(C(C)(C)C)C(OC)C4c3ccccc3)C12. The molecule has 2 aromatic rings. The topological polar surface area (TPSA) is 18.5 Å². The first-order chi connectivity index (χ1) is 23.7. The van der Waals surface area contributed by atoms with Gasteiger partial charge in [-0.05, 0) is 129 Å². The van der Waals surface area contributed by atoms with E-state index in [0.717, 1.165) is 28.8 Å². The zero-order valence-electron chi connectivity index (χ0n) is 35.5. The Morgan fingerprint density at radius 3 is 1.73 bits per heavy atom. The molecule has 0 saturated heterocycles. The average molecular weight is 713 g/mol. The van der Waals surface area contributed by atoms with Crippen LogP contribution in [0.4, 0.5) is 0 Å². The van der Waals surface area contributed by atoms with Gasteiger partial charge < -0.3 is 9.47 Å². The van der Waals surface area contributed by atoms with Gasteiger partial charge in [0.2, 0.25) is 0 Å². The van der Waals surface area contributed by atoms with Crippen molar-refractivity contribution < 1.29 is 9.47 Å². The fourth-order valence-corrected chi connectivity index (χ4v) is 20.2. The summed E-state index contributed by atoms with van der Waals surface area (Å²) in [6.07, 6.45) is 7.15. The van der Waals surface area contributed by atoms with Crippen LogP contribution in [0.1, 0.15) is 142 Å². The van der Waals surface area contributed by atoms with Crippen LogP contribution in [0.15, 0.2) is 48.5 Å². The fourth-order valence-electron chi connectivity index (χ4n) is 13.6. The summed E-state index contributed by atoms with van der Waals surface area (Å²) < 4.78 is 13.2. The lowest BCUT2D eigenvalue weighted by Gasteiger charge is -2.54. The highest BCUT2D eigenvalue weighted by Gasteiger charge is 2.63. The van der Waals surface area contributed by atoms with Crippen molar-refractivity contribution in [2.24, 2.45) is 46.8 Å². The Bertz CT molecular complexity index is 1460. The third-order valence-electron chi connectivity index (χ3n) is 15.6. The third-order valence-corrected chi connectivity index (χ3v) is 21.0. The van der Waals surface area contributed by atoms with E-state index in [-0.39, 0.29) is 22.3 Å². The van der Waals surface area contributed by atoms with Gasteiger partial charge >= 0.3 is 0 Å². The molecule has 4 fully saturated rings. The second-order valence-corrected chi connectivity index (χ2v) is 27.0. The maximum Gasteiger partial charge on any atom is 0.0675 e. The lowest BCUT2D eigenvalue weighted by atomic mass is 9.59. The average Bonchev–Trinajstić information content (AvgIpc) is 3.58. The van der Waals surface area contributed by atoms with Crippen LogP contribution in [0.25, 0.3) is 0 Å². The smallest absolute Gasteiger partial charge is 0.0675 e. The maximum absolute atomic E-state index is 6.59. The van der Waals surface area contributed by atoms with Crippen LogP contribution in [0.5, 0.6) is 0 Å². The molecule has 0 radical (unpaired) electrons. The Morgan fingerprint density at radius 1 is 0.627 bits per heavy atom. The molecule has 51 heavy (non-hydrogen) atoms. The number of methoxy groups -OCH3 is 2. The Labute approximate surface area is 315 Å². The van der Waals surface area contributed by atoms with Crippen LogP contribution in [0.2, 0.25) is 24.2 Å². The van der Waals surface area contributed by atoms with Crippen molar-refractivity contribution in [2.45, 2.75) is 167 Å². The van der Waals surface area contributed by atoms with Crippen LogP contribution in [0, 0.1) is 46.8 Å². The normalized spacial score (nSPS) is 37.7. The first-order valence-corrected chi connectivity index (χ1v) is 24.1. The summed E-state index contributed by atoms with van der Waals surface area (Å²) in [5, 5.41) is 0. The minimum Gasteiger partial charge on any atom is -0.381 e. The van der Waals surface area contributed by atoms with Gasteiger partial charge in [-0.2, -0.15) is 0 Å². The highest BCUT2D eigenvalue weighted by Crippen LogP contribution is 2.69. The zero-order chi connectivity index (χ0) is 37.4. The molecular weight excluding hydrogens is 637 g/mol. The molecule has 6 rings (SSSR count). The molecular formula is C48H76O2Si. The molecule has 0 aliphatic heterocycles. The number of hydrogen-bond donors (Lipinski definition) is 0. The molecule has 2 aromatic carbocycles. The van der Waals surface area contributed by atoms with Crippen molar-refractivity contribution in [3.63, 3.8) is 0 Å². The van der Waals surface area contributed by atoms with Gasteiger partial charge in [-0.3, -0.25) is 0 Å². The number of rotatable bonds is 6. The van der Waals surface area contributed by atoms with Crippen LogP contribution in [-0.2, 0) is 20.3 Å². The van der Waals surface area contributed by atoms with Gasteiger partial charge in [0.1, 0.15) is 0 Å². The number of hydrogen-bond acceptors (Lipinski definition) is 2. The van der Waals surface area contributed by atoms with E-state index < -0.39 is 8.07 Å². The van der Waals surface area contributed by atoms with Gasteiger partial charge in [0.25, 0.3) is 0 Å². The minimum absolute atomic E-state index is 0.138. The monoisotopic (exact) mass is 713 g/mol. The van der Waals surface area contributed by atoms with Crippen molar-refractivity contribution in [3.8, 4) is 0 Å². The first kappa shape index (κ1) is 39.3. The lowest BCUT2D eigenvalue weighted by molar-refractivity contribution is -0.0690. The molecule has 0 bridgehead atoms. The highest BCUT2D eigenvalue weighted by atomic mass is 28.3. The second kappa shape index (κ2) is 14.0. The van der Waals surface area contributed by atoms with E-state index in [9.17, 15) is 0 Å². The molecule has 2 nitrogen and oxygen atoms in total. The van der Waals surface area contributed by atoms with Gasteiger partial charge in [-0.1, -0.05) is 138 Å². The van der Waals surface area contributed by atoms with Gasteiger partial charge in [0, 0.05) is 20.1 Å². The summed E-state index contributed by atoms with van der Waals surface area (Å²) >= 11 is 0. The van der Waals surface area contributed by atoms with E-state index in [1.165, 1.54) is 48.8 Å². The minimum atomic E-state index is -1.82. The molecule has 3 heteroatoms. The summed E-state index contributed by atoms with van der Waals surface area (Å²) in [5.41, 5.74) is 8.25. The standard InChI is InChI=1S/C48H76O2Si/c1-29-23-37-38(28-39(48(9,10)11)43(50-13)41(37)31-19-17-16-18-20-31)44(29)51(14,15)45-30(2)24-36-35(21-22-40(49-12)42(36)45)32-25-33(46(3,4)5)27-34(26-32)47(6,7)8/h16-20,25-27,29-30,35-45H,21-24,28H2,1-15H3. The summed E-state index contributed by atoms with van der Waals surface area (Å²) in [4.78, 5) is 0. The molecule has 13 unspecified atom stereocenters. The van der Waals surface area contributed by atoms with E-state index in [4.69, 9.17) is 9.47 Å². The van der Waals surface area contributed by atoms with Crippen molar-refractivity contribution in [2.75, 3.05) is 14.2 Å². The van der Waals surface area contributed by atoms with E-state index in [1.807, 2.05) is 14.2 Å². The highest BCUT2D eigenvalue weighted by molar-refractivity contribution is 6.80. The molecule has 4 aliphatic rings. The van der Waals surface area contributed by atoms with Crippen molar-refractivity contribution in [1.82, 2.24) is 0 Å². The number of benzene rings is 2. The molecule has 0 amide bonds. The Kier molecular flexibility index (Phi) is 10.8. The summed E-state index contributed by atoms with van der Waals surface area (Å²) in [6.45, 7) is 32.9. The van der Waals surface area contributed by atoms with Gasteiger partial charge in [-0.15, -0.1) is 0 Å². The number of ether oxygens (including phenoxy) is 2. The molecule has 0 aromatic heterocycles. The summed E-state index contributed by atoms with van der Waals surface area (Å²) in [7, 11) is 2.21. The third kappa shape index (κ3) is 7.13. The number of fused-ring (bicyclic) bond motifs is 2. The summed E-state index contributed by atoms with van der Waals surface area (Å²) in [6, 6.07) is 19.3. The Morgan fingerprint density at radius 2 is 1.20 bits per heavy atom. The molecule has 4 saturated carbocycles. The van der Waals surface area contributed by atoms with Gasteiger partial charge in [0.15, 0.2) is 0 Å². The quantitative estimate of drug-likeness (QED) is 0.278. The fraction of sp³-hybridized carbons (Fsp3) is 0.750. The van der Waals surface area contributed by atoms with Crippen molar-refractivity contribution in [3.05, 3.63) is 70.8 Å². The maximum atomic E-state index is 6.59. The zero-order valence-corrected chi connectivity index (χ0v) is 36.5. The van der Waals surface area contributed by atoms with Crippen LogP contribution in [0.3, 0.4) is 0 Å². The van der Waals surface area contributed by atoms with E-state index >= 15 is 0 Å². The van der Waals surface area contributed by atoms with E-state index in [0.29, 0.717) is 41.6 Å². The first-order valence-electron chi connectivity index (χ1n) is 21.0. The molecule has 0 heterocycles. The van der Waals surface area contributed by atoms with Crippen LogP contribution < -0.4 is 0 Å². The largest absolute Gasteiger partial charge is 0.381 e. The molecule has 284 valence electrons. The predicted octanol–water partition coefficient (Wildman–Crippen LogP) is 13.0. The summed E-state index contributed by atoms with van der Waals surface area (Å²) in [5.74, 6) is 5.99. The molecule has 0 N–H and O–H groups in total. The Hall–Kier alpha value is -1.42. The van der Waals surface area contributed by atoms with E-state index in [2.05, 4.69) is 138 Å². The molecule has 4 aliphatic carbocycles. The van der Waals surface area contributed by atoms with Gasteiger partial charge in [0.05, 0.1) is 20.3 Å². The van der Waals surface area contributed by atoms with Gasteiger partial charge in [-0.25, -0.2) is 0 Å². The molecule has 13 atom stereocenters.